The molecule has 1 N–H and O–H groups in total. The van der Waals surface area contributed by atoms with Crippen molar-refractivity contribution < 1.29 is 19.1 Å². The SMILES string of the molecule is Cc1ccc([C@H](C(=O)N2CCOCC2)N2CC(=O)NC(C3Cc4ccccc4C3)C2=O)c(C)n1. The molecule has 2 aromatic rings. The van der Waals surface area contributed by atoms with Crippen molar-refractivity contribution in [1.29, 1.82) is 0 Å². The summed E-state index contributed by atoms with van der Waals surface area (Å²) in [4.78, 5) is 48.3. The fourth-order valence-electron chi connectivity index (χ4n) is 5.44. The number of fused-ring (bicyclic) bond motifs is 1. The lowest BCUT2D eigenvalue weighted by molar-refractivity contribution is -0.156. The Morgan fingerprint density at radius 1 is 1.06 bits per heavy atom. The number of aryl methyl sites for hydroxylation is 2. The summed E-state index contributed by atoms with van der Waals surface area (Å²) in [6.07, 6.45) is 1.46. The molecule has 0 spiro atoms. The van der Waals surface area contributed by atoms with Crippen LogP contribution >= 0.6 is 0 Å². The van der Waals surface area contributed by atoms with Crippen LogP contribution in [0.25, 0.3) is 0 Å². The normalized spacial score (nSPS) is 21.9. The van der Waals surface area contributed by atoms with Crippen molar-refractivity contribution in [3.63, 3.8) is 0 Å². The highest BCUT2D eigenvalue weighted by Crippen LogP contribution is 2.33. The molecule has 34 heavy (non-hydrogen) atoms. The van der Waals surface area contributed by atoms with Gasteiger partial charge in [0, 0.05) is 30.0 Å². The highest BCUT2D eigenvalue weighted by molar-refractivity contribution is 5.98. The van der Waals surface area contributed by atoms with Crippen LogP contribution in [0, 0.1) is 19.8 Å². The van der Waals surface area contributed by atoms with Gasteiger partial charge in [0.25, 0.3) is 0 Å². The van der Waals surface area contributed by atoms with Crippen LogP contribution in [-0.2, 0) is 32.0 Å². The first kappa shape index (κ1) is 22.5. The van der Waals surface area contributed by atoms with Gasteiger partial charge in [-0.25, -0.2) is 0 Å². The number of aromatic nitrogens is 1. The van der Waals surface area contributed by atoms with Crippen molar-refractivity contribution in [2.45, 2.75) is 38.8 Å². The van der Waals surface area contributed by atoms with Crippen LogP contribution in [0.1, 0.15) is 34.1 Å². The second kappa shape index (κ2) is 9.18. The zero-order valence-corrected chi connectivity index (χ0v) is 19.6. The van der Waals surface area contributed by atoms with E-state index < -0.39 is 12.1 Å². The quantitative estimate of drug-likeness (QED) is 0.741. The molecule has 0 saturated carbocycles. The van der Waals surface area contributed by atoms with Gasteiger partial charge in [0.05, 0.1) is 13.2 Å². The number of benzene rings is 1. The van der Waals surface area contributed by atoms with Crippen molar-refractivity contribution in [3.05, 3.63) is 64.5 Å². The first-order chi connectivity index (χ1) is 16.4. The number of hydrogen-bond acceptors (Lipinski definition) is 5. The summed E-state index contributed by atoms with van der Waals surface area (Å²) in [6, 6.07) is 10.3. The Kier molecular flexibility index (Phi) is 6.08. The lowest BCUT2D eigenvalue weighted by Crippen LogP contribution is -2.63. The third-order valence-corrected chi connectivity index (χ3v) is 7.16. The number of amides is 3. The Balaban J connectivity index is 1.49. The standard InChI is InChI=1S/C26H30N4O4/c1-16-7-8-21(17(2)27-16)24(26(33)29-9-11-34-12-10-29)30-15-22(31)28-23(25(30)32)20-13-18-5-3-4-6-19(18)14-20/h3-8,20,23-24H,9-15H2,1-2H3,(H,28,31)/t23?,24-/m1/s1. The number of pyridine rings is 1. The zero-order chi connectivity index (χ0) is 23.8. The van der Waals surface area contributed by atoms with Gasteiger partial charge in [-0.2, -0.15) is 0 Å². The molecule has 3 amide bonds. The maximum atomic E-state index is 13.9. The lowest BCUT2D eigenvalue weighted by atomic mass is 9.91. The fourth-order valence-corrected chi connectivity index (χ4v) is 5.44. The highest BCUT2D eigenvalue weighted by atomic mass is 16.5. The Bertz CT molecular complexity index is 1100. The summed E-state index contributed by atoms with van der Waals surface area (Å²) >= 11 is 0. The van der Waals surface area contributed by atoms with Crippen LogP contribution in [0.15, 0.2) is 36.4 Å². The van der Waals surface area contributed by atoms with Gasteiger partial charge >= 0.3 is 0 Å². The molecule has 5 rings (SSSR count). The number of rotatable bonds is 4. The van der Waals surface area contributed by atoms with Crippen molar-refractivity contribution >= 4 is 17.7 Å². The maximum Gasteiger partial charge on any atom is 0.250 e. The largest absolute Gasteiger partial charge is 0.378 e. The summed E-state index contributed by atoms with van der Waals surface area (Å²) in [5, 5.41) is 2.93. The maximum absolute atomic E-state index is 13.9. The predicted octanol–water partition coefficient (Wildman–Crippen LogP) is 1.34. The minimum atomic E-state index is -0.893. The molecule has 1 aliphatic carbocycles. The topological polar surface area (TPSA) is 91.8 Å². The van der Waals surface area contributed by atoms with Gasteiger partial charge in [-0.05, 0) is 49.8 Å². The van der Waals surface area contributed by atoms with E-state index in [2.05, 4.69) is 22.4 Å². The third kappa shape index (κ3) is 4.18. The zero-order valence-electron chi connectivity index (χ0n) is 19.6. The smallest absolute Gasteiger partial charge is 0.250 e. The van der Waals surface area contributed by atoms with E-state index in [0.717, 1.165) is 18.5 Å². The Morgan fingerprint density at radius 3 is 2.38 bits per heavy atom. The van der Waals surface area contributed by atoms with Crippen LogP contribution in [0.3, 0.4) is 0 Å². The summed E-state index contributed by atoms with van der Waals surface area (Å²) in [7, 11) is 0. The number of morpholine rings is 1. The Labute approximate surface area is 199 Å². The van der Waals surface area contributed by atoms with Crippen molar-refractivity contribution in [2.24, 2.45) is 5.92 Å². The molecule has 0 bridgehead atoms. The van der Waals surface area contributed by atoms with Crippen LogP contribution in [0.4, 0.5) is 0 Å². The van der Waals surface area contributed by atoms with Gasteiger partial charge in [-0.3, -0.25) is 19.4 Å². The number of hydrogen-bond donors (Lipinski definition) is 1. The van der Waals surface area contributed by atoms with Crippen molar-refractivity contribution in [1.82, 2.24) is 20.1 Å². The molecule has 2 fully saturated rings. The molecule has 0 radical (unpaired) electrons. The molecule has 2 aliphatic heterocycles. The number of carbonyl (C=O) groups excluding carboxylic acids is 3. The van der Waals surface area contributed by atoms with Crippen LogP contribution in [0.5, 0.6) is 0 Å². The van der Waals surface area contributed by atoms with E-state index in [1.165, 1.54) is 16.0 Å². The van der Waals surface area contributed by atoms with E-state index >= 15 is 0 Å². The number of ether oxygens (including phenoxy) is 1. The molecule has 8 nitrogen and oxygen atoms in total. The van der Waals surface area contributed by atoms with Crippen LogP contribution in [-0.4, -0.2) is 71.4 Å². The minimum absolute atomic E-state index is 0.0342. The van der Waals surface area contributed by atoms with E-state index in [9.17, 15) is 14.4 Å². The van der Waals surface area contributed by atoms with Crippen molar-refractivity contribution in [2.75, 3.05) is 32.8 Å². The van der Waals surface area contributed by atoms with E-state index in [-0.39, 0.29) is 30.2 Å². The summed E-state index contributed by atoms with van der Waals surface area (Å²) in [6.45, 7) is 5.43. The number of nitrogens with one attached hydrogen (secondary N) is 1. The van der Waals surface area contributed by atoms with Gasteiger partial charge < -0.3 is 19.9 Å². The highest BCUT2D eigenvalue weighted by Gasteiger charge is 2.45. The van der Waals surface area contributed by atoms with Gasteiger partial charge in [-0.1, -0.05) is 30.3 Å². The fraction of sp³-hybridized carbons (Fsp3) is 0.462. The molecule has 1 unspecified atom stereocenters. The van der Waals surface area contributed by atoms with Crippen LogP contribution in [0.2, 0.25) is 0 Å². The van der Waals surface area contributed by atoms with Gasteiger partial charge in [0.1, 0.15) is 18.6 Å². The minimum Gasteiger partial charge on any atom is -0.378 e. The number of piperazine rings is 1. The predicted molar refractivity (Wildman–Crippen MR) is 125 cm³/mol. The van der Waals surface area contributed by atoms with Gasteiger partial charge in [-0.15, -0.1) is 0 Å². The summed E-state index contributed by atoms with van der Waals surface area (Å²) in [5.74, 6) is -0.663. The third-order valence-electron chi connectivity index (χ3n) is 7.16. The molecule has 3 heterocycles. The van der Waals surface area contributed by atoms with E-state index in [4.69, 9.17) is 4.74 Å². The second-order valence-corrected chi connectivity index (χ2v) is 9.42. The summed E-state index contributed by atoms with van der Waals surface area (Å²) < 4.78 is 5.42. The van der Waals surface area contributed by atoms with E-state index in [1.54, 1.807) is 4.90 Å². The lowest BCUT2D eigenvalue weighted by Gasteiger charge is -2.41. The average Bonchev–Trinajstić information content (AvgIpc) is 3.27. The number of nitrogens with zero attached hydrogens (tertiary/aromatic N) is 3. The molecule has 178 valence electrons. The molecule has 1 aromatic carbocycles. The Morgan fingerprint density at radius 2 is 1.74 bits per heavy atom. The first-order valence-electron chi connectivity index (χ1n) is 11.9. The second-order valence-electron chi connectivity index (χ2n) is 9.42. The molecule has 1 aromatic heterocycles. The molecular weight excluding hydrogens is 432 g/mol. The first-order valence-corrected chi connectivity index (χ1v) is 11.9. The van der Waals surface area contributed by atoms with Crippen LogP contribution < -0.4 is 5.32 Å². The molecular formula is C26H30N4O4. The number of carbonyl (C=O) groups is 3. The van der Waals surface area contributed by atoms with Crippen molar-refractivity contribution in [3.8, 4) is 0 Å². The monoisotopic (exact) mass is 462 g/mol. The Hall–Kier alpha value is -3.26. The molecule has 2 atom stereocenters. The average molecular weight is 463 g/mol. The van der Waals surface area contributed by atoms with E-state index in [1.807, 2.05) is 38.1 Å². The molecule has 3 aliphatic rings. The van der Waals surface area contributed by atoms with E-state index in [0.29, 0.717) is 37.6 Å². The van der Waals surface area contributed by atoms with Gasteiger partial charge in [0.15, 0.2) is 0 Å². The molecule has 8 heteroatoms. The summed E-state index contributed by atoms with van der Waals surface area (Å²) in [5.41, 5.74) is 4.62. The molecule has 2 saturated heterocycles. The van der Waals surface area contributed by atoms with Gasteiger partial charge in [0.2, 0.25) is 17.7 Å².